The predicted molar refractivity (Wildman–Crippen MR) is 121 cm³/mol. The Hall–Kier alpha value is -3.29. The van der Waals surface area contributed by atoms with Crippen LogP contribution in [0.5, 0.6) is 0 Å². The molecule has 0 atom stereocenters. The van der Waals surface area contributed by atoms with Crippen LogP contribution in [0.15, 0.2) is 77.3 Å². The highest BCUT2D eigenvalue weighted by atomic mass is 79.9. The summed E-state index contributed by atoms with van der Waals surface area (Å²) >= 11 is 9.59. The first-order valence-electron chi connectivity index (χ1n) is 8.83. The molecule has 1 N–H and O–H groups in total. The molecule has 1 amide bonds. The molecule has 0 spiro atoms. The fourth-order valence-electron chi connectivity index (χ4n) is 3.07. The van der Waals surface area contributed by atoms with Gasteiger partial charge >= 0.3 is 0 Å². The third-order valence-electron chi connectivity index (χ3n) is 4.49. The first-order chi connectivity index (χ1) is 14.4. The Morgan fingerprint density at radius 2 is 1.83 bits per heavy atom. The maximum atomic E-state index is 13.1. The summed E-state index contributed by atoms with van der Waals surface area (Å²) in [6.07, 6.45) is 0. The second-order valence-corrected chi connectivity index (χ2v) is 7.78. The Morgan fingerprint density at radius 1 is 1.03 bits per heavy atom. The van der Waals surface area contributed by atoms with Gasteiger partial charge in [-0.2, -0.15) is 0 Å². The van der Waals surface area contributed by atoms with Gasteiger partial charge in [0.05, 0.1) is 32.4 Å². The van der Waals surface area contributed by atoms with Gasteiger partial charge in [0.1, 0.15) is 0 Å². The third kappa shape index (κ3) is 4.03. The number of nitro groups is 1. The number of anilines is 1. The van der Waals surface area contributed by atoms with Gasteiger partial charge in [-0.1, -0.05) is 57.9 Å². The molecule has 148 valence electrons. The molecule has 1 heterocycles. The molecule has 0 aliphatic rings. The average Bonchev–Trinajstić information content (AvgIpc) is 2.74. The first kappa shape index (κ1) is 20.0. The summed E-state index contributed by atoms with van der Waals surface area (Å²) < 4.78 is 0.893. The smallest absolute Gasteiger partial charge is 0.271 e. The highest BCUT2D eigenvalue weighted by molar-refractivity contribution is 9.10. The lowest BCUT2D eigenvalue weighted by atomic mass is 10.0. The van der Waals surface area contributed by atoms with Crippen LogP contribution >= 0.6 is 27.5 Å². The fraction of sp³-hybridized carbons (Fsp3) is 0. The molecule has 3 aromatic carbocycles. The van der Waals surface area contributed by atoms with Crippen LogP contribution in [-0.2, 0) is 0 Å². The van der Waals surface area contributed by atoms with Crippen LogP contribution in [0.25, 0.3) is 22.2 Å². The van der Waals surface area contributed by atoms with Crippen LogP contribution in [0.3, 0.4) is 0 Å². The van der Waals surface area contributed by atoms with Crippen molar-refractivity contribution in [2.75, 3.05) is 5.32 Å². The molecule has 0 radical (unpaired) electrons. The molecular weight excluding hydrogens is 470 g/mol. The Balaban J connectivity index is 1.81. The van der Waals surface area contributed by atoms with Gasteiger partial charge in [-0.15, -0.1) is 0 Å². The number of benzene rings is 3. The lowest BCUT2D eigenvalue weighted by Gasteiger charge is -2.12. The SMILES string of the molecule is O=C(Nc1cc([N+](=O)[O-])ccc1Cl)c1cc(-c2cccc(Br)c2)nc2ccccc12. The standard InChI is InChI=1S/C22H13BrClN3O3/c23-14-5-3-4-13(10-14)20-12-17(16-6-1-2-7-19(16)25-20)22(28)26-21-11-15(27(29)30)8-9-18(21)24/h1-12H,(H,26,28). The van der Waals surface area contributed by atoms with E-state index in [0.717, 1.165) is 10.0 Å². The van der Waals surface area contributed by atoms with Crippen molar-refractivity contribution in [2.24, 2.45) is 0 Å². The summed E-state index contributed by atoms with van der Waals surface area (Å²) in [7, 11) is 0. The van der Waals surface area contributed by atoms with Crippen molar-refractivity contribution >= 4 is 55.7 Å². The van der Waals surface area contributed by atoms with E-state index in [2.05, 4.69) is 26.2 Å². The van der Waals surface area contributed by atoms with Crippen LogP contribution in [-0.4, -0.2) is 15.8 Å². The van der Waals surface area contributed by atoms with Crippen molar-refractivity contribution in [3.05, 3.63) is 98.0 Å². The largest absolute Gasteiger partial charge is 0.320 e. The van der Waals surface area contributed by atoms with Crippen molar-refractivity contribution in [1.29, 1.82) is 0 Å². The van der Waals surface area contributed by atoms with E-state index in [0.29, 0.717) is 22.2 Å². The van der Waals surface area contributed by atoms with E-state index in [1.165, 1.54) is 18.2 Å². The highest BCUT2D eigenvalue weighted by Crippen LogP contribution is 2.30. The second-order valence-electron chi connectivity index (χ2n) is 6.46. The number of halogens is 2. The van der Waals surface area contributed by atoms with Crippen LogP contribution in [0, 0.1) is 10.1 Å². The number of nitrogens with zero attached hydrogens (tertiary/aromatic N) is 2. The van der Waals surface area contributed by atoms with E-state index in [1.807, 2.05) is 42.5 Å². The summed E-state index contributed by atoms with van der Waals surface area (Å²) in [6.45, 7) is 0. The van der Waals surface area contributed by atoms with Gasteiger partial charge < -0.3 is 5.32 Å². The molecule has 30 heavy (non-hydrogen) atoms. The normalized spacial score (nSPS) is 10.7. The first-order valence-corrected chi connectivity index (χ1v) is 10.0. The number of hydrogen-bond acceptors (Lipinski definition) is 4. The number of rotatable bonds is 4. The molecule has 0 saturated carbocycles. The Kier molecular flexibility index (Phi) is 5.48. The number of hydrogen-bond donors (Lipinski definition) is 1. The molecule has 6 nitrogen and oxygen atoms in total. The zero-order valence-electron chi connectivity index (χ0n) is 15.3. The monoisotopic (exact) mass is 481 g/mol. The molecule has 4 rings (SSSR count). The van der Waals surface area contributed by atoms with E-state index in [4.69, 9.17) is 11.6 Å². The molecule has 4 aromatic rings. The predicted octanol–water partition coefficient (Wildman–Crippen LogP) is 6.48. The van der Waals surface area contributed by atoms with Gasteiger partial charge in [0.15, 0.2) is 0 Å². The topological polar surface area (TPSA) is 85.1 Å². The molecular formula is C22H13BrClN3O3. The van der Waals surface area contributed by atoms with Gasteiger partial charge in [0, 0.05) is 27.6 Å². The minimum atomic E-state index is -0.542. The van der Waals surface area contributed by atoms with Crippen molar-refractivity contribution < 1.29 is 9.72 Å². The minimum Gasteiger partial charge on any atom is -0.320 e. The number of amides is 1. The van der Waals surface area contributed by atoms with Crippen LogP contribution < -0.4 is 5.32 Å². The molecule has 8 heteroatoms. The van der Waals surface area contributed by atoms with E-state index in [1.54, 1.807) is 12.1 Å². The lowest BCUT2D eigenvalue weighted by Crippen LogP contribution is -2.13. The summed E-state index contributed by atoms with van der Waals surface area (Å²) in [6, 6.07) is 20.5. The van der Waals surface area contributed by atoms with Gasteiger partial charge in [-0.05, 0) is 30.3 Å². The number of fused-ring (bicyclic) bond motifs is 1. The summed E-state index contributed by atoms with van der Waals surface area (Å²) in [5.74, 6) is -0.438. The number of para-hydroxylation sites is 1. The van der Waals surface area contributed by atoms with E-state index >= 15 is 0 Å². The third-order valence-corrected chi connectivity index (χ3v) is 5.31. The van der Waals surface area contributed by atoms with E-state index < -0.39 is 10.8 Å². The quantitative estimate of drug-likeness (QED) is 0.266. The maximum Gasteiger partial charge on any atom is 0.271 e. The van der Waals surface area contributed by atoms with Crippen molar-refractivity contribution in [3.63, 3.8) is 0 Å². The van der Waals surface area contributed by atoms with Crippen molar-refractivity contribution in [2.45, 2.75) is 0 Å². The Morgan fingerprint density at radius 3 is 2.60 bits per heavy atom. The Labute approximate surface area is 184 Å². The van der Waals surface area contributed by atoms with Crippen molar-refractivity contribution in [1.82, 2.24) is 4.98 Å². The lowest BCUT2D eigenvalue weighted by molar-refractivity contribution is -0.384. The van der Waals surface area contributed by atoms with Gasteiger partial charge in [-0.3, -0.25) is 14.9 Å². The van der Waals surface area contributed by atoms with Crippen LogP contribution in [0.1, 0.15) is 10.4 Å². The molecule has 0 saturated heterocycles. The number of nitrogens with one attached hydrogen (secondary N) is 1. The number of pyridine rings is 1. The van der Waals surface area contributed by atoms with Gasteiger partial charge in [0.2, 0.25) is 0 Å². The molecule has 0 unspecified atom stereocenters. The number of nitro benzene ring substituents is 1. The van der Waals surface area contributed by atoms with Crippen molar-refractivity contribution in [3.8, 4) is 11.3 Å². The molecule has 0 fully saturated rings. The molecule has 0 aliphatic carbocycles. The number of carbonyl (C=O) groups is 1. The van der Waals surface area contributed by atoms with Gasteiger partial charge in [0.25, 0.3) is 11.6 Å². The molecule has 1 aromatic heterocycles. The number of carbonyl (C=O) groups excluding carboxylic acids is 1. The average molecular weight is 483 g/mol. The van der Waals surface area contributed by atoms with E-state index in [-0.39, 0.29) is 16.4 Å². The summed E-state index contributed by atoms with van der Waals surface area (Å²) in [5.41, 5.74) is 2.52. The molecule has 0 bridgehead atoms. The maximum absolute atomic E-state index is 13.1. The minimum absolute atomic E-state index is 0.163. The van der Waals surface area contributed by atoms with Gasteiger partial charge in [-0.25, -0.2) is 4.98 Å². The Bertz CT molecular complexity index is 1310. The van der Waals surface area contributed by atoms with Crippen LogP contribution in [0.4, 0.5) is 11.4 Å². The fourth-order valence-corrected chi connectivity index (χ4v) is 3.64. The second kappa shape index (κ2) is 8.22. The van der Waals surface area contributed by atoms with Crippen LogP contribution in [0.2, 0.25) is 5.02 Å². The summed E-state index contributed by atoms with van der Waals surface area (Å²) in [5, 5.41) is 14.6. The summed E-state index contributed by atoms with van der Waals surface area (Å²) in [4.78, 5) is 28.3. The zero-order valence-corrected chi connectivity index (χ0v) is 17.6. The number of aromatic nitrogens is 1. The highest BCUT2D eigenvalue weighted by Gasteiger charge is 2.17. The zero-order chi connectivity index (χ0) is 21.3. The molecule has 0 aliphatic heterocycles. The number of non-ortho nitro benzene ring substituents is 1. The van der Waals surface area contributed by atoms with E-state index in [9.17, 15) is 14.9 Å².